The molecule has 0 spiro atoms. The Balaban J connectivity index is 2.24. The predicted octanol–water partition coefficient (Wildman–Crippen LogP) is 0.405. The number of hydrogen-bond donors (Lipinski definition) is 3. The number of hydrogen-bond acceptors (Lipinski definition) is 7. The van der Waals surface area contributed by atoms with Crippen LogP contribution in [0.4, 0.5) is 11.8 Å². The van der Waals surface area contributed by atoms with Gasteiger partial charge in [0, 0.05) is 0 Å². The third-order valence-corrected chi connectivity index (χ3v) is 4.98. The lowest BCUT2D eigenvalue weighted by atomic mass is 10.0. The van der Waals surface area contributed by atoms with Gasteiger partial charge in [0.25, 0.3) is 0 Å². The standard InChI is InChI=1S/C9H14ClN5O2S/c1-9(2-3-18(16,17)5-9)14-7-6(10)4-12-8(13-7)15-11/h4H,2-3,5,11H2,1H3,(H2,12,13,14,15). The molecule has 0 radical (unpaired) electrons. The first kappa shape index (κ1) is 13.3. The van der Waals surface area contributed by atoms with Crippen molar-refractivity contribution in [2.45, 2.75) is 18.9 Å². The highest BCUT2D eigenvalue weighted by atomic mass is 35.5. The van der Waals surface area contributed by atoms with Crippen molar-refractivity contribution >= 4 is 33.2 Å². The number of nitrogens with two attached hydrogens (primary N) is 1. The first-order valence-electron chi connectivity index (χ1n) is 5.31. The zero-order valence-corrected chi connectivity index (χ0v) is 11.3. The molecule has 2 rings (SSSR count). The van der Waals surface area contributed by atoms with E-state index in [1.807, 2.05) is 6.92 Å². The summed E-state index contributed by atoms with van der Waals surface area (Å²) in [5.41, 5.74) is 1.74. The molecule has 9 heteroatoms. The molecule has 1 atom stereocenters. The van der Waals surface area contributed by atoms with E-state index in [-0.39, 0.29) is 17.5 Å². The van der Waals surface area contributed by atoms with Crippen LogP contribution in [0.25, 0.3) is 0 Å². The van der Waals surface area contributed by atoms with Crippen LogP contribution < -0.4 is 16.6 Å². The Morgan fingerprint density at radius 1 is 1.56 bits per heavy atom. The number of rotatable bonds is 3. The highest BCUT2D eigenvalue weighted by Crippen LogP contribution is 2.29. The van der Waals surface area contributed by atoms with E-state index >= 15 is 0 Å². The third-order valence-electron chi connectivity index (χ3n) is 2.80. The fourth-order valence-corrected chi connectivity index (χ4v) is 4.15. The minimum absolute atomic E-state index is 0.0612. The number of hydrazine groups is 1. The number of sulfone groups is 1. The summed E-state index contributed by atoms with van der Waals surface area (Å²) in [4.78, 5) is 7.91. The Morgan fingerprint density at radius 3 is 2.83 bits per heavy atom. The van der Waals surface area contributed by atoms with Crippen molar-refractivity contribution in [2.75, 3.05) is 22.2 Å². The second-order valence-corrected chi connectivity index (χ2v) is 7.15. The van der Waals surface area contributed by atoms with Gasteiger partial charge < -0.3 is 5.32 Å². The fourth-order valence-electron chi connectivity index (χ4n) is 1.92. The number of halogens is 1. The van der Waals surface area contributed by atoms with Gasteiger partial charge in [-0.25, -0.2) is 19.2 Å². The minimum atomic E-state index is -2.99. The zero-order chi connectivity index (χ0) is 13.4. The first-order chi connectivity index (χ1) is 8.34. The van der Waals surface area contributed by atoms with Crippen molar-refractivity contribution in [3.8, 4) is 0 Å². The minimum Gasteiger partial charge on any atom is -0.362 e. The third kappa shape index (κ3) is 2.82. The molecule has 2 heterocycles. The Morgan fingerprint density at radius 2 is 2.28 bits per heavy atom. The Kier molecular flexibility index (Phi) is 3.35. The maximum absolute atomic E-state index is 11.5. The largest absolute Gasteiger partial charge is 0.362 e. The van der Waals surface area contributed by atoms with Crippen molar-refractivity contribution < 1.29 is 8.42 Å². The smallest absolute Gasteiger partial charge is 0.239 e. The molecular weight excluding hydrogens is 278 g/mol. The molecule has 0 aromatic carbocycles. The molecule has 0 saturated carbocycles. The van der Waals surface area contributed by atoms with Gasteiger partial charge in [0.2, 0.25) is 5.95 Å². The molecule has 0 aliphatic carbocycles. The lowest BCUT2D eigenvalue weighted by molar-refractivity contribution is 0.572. The monoisotopic (exact) mass is 291 g/mol. The summed E-state index contributed by atoms with van der Waals surface area (Å²) in [6, 6.07) is 0. The molecule has 100 valence electrons. The molecule has 1 saturated heterocycles. The fraction of sp³-hybridized carbons (Fsp3) is 0.556. The molecule has 7 nitrogen and oxygen atoms in total. The average Bonchev–Trinajstić information content (AvgIpc) is 2.56. The van der Waals surface area contributed by atoms with Gasteiger partial charge in [-0.15, -0.1) is 0 Å². The van der Waals surface area contributed by atoms with Gasteiger partial charge in [-0.3, -0.25) is 5.43 Å². The maximum Gasteiger partial charge on any atom is 0.239 e. The van der Waals surface area contributed by atoms with Crippen LogP contribution in [0.1, 0.15) is 13.3 Å². The van der Waals surface area contributed by atoms with Gasteiger partial charge in [-0.2, -0.15) is 4.98 Å². The molecule has 1 fully saturated rings. The van der Waals surface area contributed by atoms with Crippen LogP contribution in [0.15, 0.2) is 6.20 Å². The normalized spacial score (nSPS) is 25.9. The van der Waals surface area contributed by atoms with Gasteiger partial charge in [0.1, 0.15) is 5.02 Å². The van der Waals surface area contributed by atoms with Gasteiger partial charge >= 0.3 is 0 Å². The highest BCUT2D eigenvalue weighted by molar-refractivity contribution is 7.91. The van der Waals surface area contributed by atoms with E-state index in [2.05, 4.69) is 20.7 Å². The number of nitrogen functional groups attached to an aromatic ring is 1. The van der Waals surface area contributed by atoms with Crippen molar-refractivity contribution in [1.29, 1.82) is 0 Å². The molecule has 1 aliphatic heterocycles. The molecule has 0 bridgehead atoms. The van der Waals surface area contributed by atoms with Crippen LogP contribution >= 0.6 is 11.6 Å². The molecule has 1 aliphatic rings. The maximum atomic E-state index is 11.5. The van der Waals surface area contributed by atoms with Crippen LogP contribution in [-0.4, -0.2) is 35.4 Å². The molecule has 0 amide bonds. The molecule has 1 aromatic heterocycles. The summed E-state index contributed by atoms with van der Waals surface area (Å²) < 4.78 is 23.0. The Labute approximate surface area is 110 Å². The zero-order valence-electron chi connectivity index (χ0n) is 9.77. The van der Waals surface area contributed by atoms with Crippen LogP contribution in [0.3, 0.4) is 0 Å². The van der Waals surface area contributed by atoms with E-state index in [1.165, 1.54) is 6.20 Å². The first-order valence-corrected chi connectivity index (χ1v) is 7.51. The lowest BCUT2D eigenvalue weighted by Crippen LogP contribution is -2.36. The van der Waals surface area contributed by atoms with Crippen LogP contribution in [-0.2, 0) is 9.84 Å². The second-order valence-electron chi connectivity index (χ2n) is 4.56. The molecule has 1 unspecified atom stereocenters. The van der Waals surface area contributed by atoms with Crippen LogP contribution in [0.5, 0.6) is 0 Å². The summed E-state index contributed by atoms with van der Waals surface area (Å²) in [6.07, 6.45) is 1.92. The summed E-state index contributed by atoms with van der Waals surface area (Å²) >= 11 is 5.96. The number of aromatic nitrogens is 2. The Hall–Kier alpha value is -1.12. The molecule has 18 heavy (non-hydrogen) atoms. The molecule has 1 aromatic rings. The summed E-state index contributed by atoms with van der Waals surface area (Å²) in [5.74, 6) is 6.03. The van der Waals surface area contributed by atoms with Crippen LogP contribution in [0, 0.1) is 0 Å². The van der Waals surface area contributed by atoms with E-state index in [0.29, 0.717) is 17.3 Å². The summed E-state index contributed by atoms with van der Waals surface area (Å²) in [6.45, 7) is 1.82. The summed E-state index contributed by atoms with van der Waals surface area (Å²) in [7, 11) is -2.99. The van der Waals surface area contributed by atoms with Crippen molar-refractivity contribution in [3.05, 3.63) is 11.2 Å². The number of nitrogens with one attached hydrogen (secondary N) is 2. The average molecular weight is 292 g/mol. The number of anilines is 2. The van der Waals surface area contributed by atoms with Crippen molar-refractivity contribution in [1.82, 2.24) is 9.97 Å². The SMILES string of the molecule is CC1(Nc2nc(NN)ncc2Cl)CCS(=O)(=O)C1. The van der Waals surface area contributed by atoms with Crippen molar-refractivity contribution in [3.63, 3.8) is 0 Å². The van der Waals surface area contributed by atoms with Gasteiger partial charge in [0.05, 0.1) is 23.2 Å². The van der Waals surface area contributed by atoms with E-state index in [1.54, 1.807) is 0 Å². The van der Waals surface area contributed by atoms with Gasteiger partial charge in [-0.1, -0.05) is 11.6 Å². The van der Waals surface area contributed by atoms with E-state index in [4.69, 9.17) is 17.4 Å². The van der Waals surface area contributed by atoms with Gasteiger partial charge in [-0.05, 0) is 13.3 Å². The Bertz CT molecular complexity index is 564. The van der Waals surface area contributed by atoms with Crippen molar-refractivity contribution in [2.24, 2.45) is 5.84 Å². The lowest BCUT2D eigenvalue weighted by Gasteiger charge is -2.25. The molecular formula is C9H14ClN5O2S. The van der Waals surface area contributed by atoms with E-state index in [0.717, 1.165) is 0 Å². The quantitative estimate of drug-likeness (QED) is 0.546. The summed E-state index contributed by atoms with van der Waals surface area (Å²) in [5, 5.41) is 3.38. The van der Waals surface area contributed by atoms with Gasteiger partial charge in [0.15, 0.2) is 15.7 Å². The van der Waals surface area contributed by atoms with Crippen LogP contribution in [0.2, 0.25) is 5.02 Å². The second kappa shape index (κ2) is 4.52. The predicted molar refractivity (Wildman–Crippen MR) is 70.2 cm³/mol. The highest BCUT2D eigenvalue weighted by Gasteiger charge is 2.38. The van der Waals surface area contributed by atoms with E-state index in [9.17, 15) is 8.42 Å². The van der Waals surface area contributed by atoms with E-state index < -0.39 is 15.4 Å². The molecule has 4 N–H and O–H groups in total. The topological polar surface area (TPSA) is 110 Å². The number of nitrogens with zero attached hydrogens (tertiary/aromatic N) is 2.